The van der Waals surface area contributed by atoms with E-state index in [9.17, 15) is 4.79 Å². The molecule has 0 aliphatic rings. The number of hydrogen-bond donors (Lipinski definition) is 0. The molecule has 1 aromatic carbocycles. The average Bonchev–Trinajstić information content (AvgIpc) is 3.44. The van der Waals surface area contributed by atoms with Gasteiger partial charge >= 0.3 is 5.97 Å². The second-order valence-electron chi connectivity index (χ2n) is 6.41. The van der Waals surface area contributed by atoms with Crippen molar-refractivity contribution in [3.05, 3.63) is 64.2 Å². The lowest BCUT2D eigenvalue weighted by molar-refractivity contribution is 0.0473. The van der Waals surface area contributed by atoms with Crippen molar-refractivity contribution in [3.63, 3.8) is 0 Å². The van der Waals surface area contributed by atoms with E-state index in [1.807, 2.05) is 41.8 Å². The zero-order valence-electron chi connectivity index (χ0n) is 17.1. The van der Waals surface area contributed by atoms with Gasteiger partial charge < -0.3 is 14.2 Å². The molecular weight excluding hydrogens is 434 g/mol. The Kier molecular flexibility index (Phi) is 6.24. The molecule has 3 aromatic heterocycles. The van der Waals surface area contributed by atoms with Gasteiger partial charge in [0, 0.05) is 11.6 Å². The van der Waals surface area contributed by atoms with E-state index in [2.05, 4.69) is 15.0 Å². The van der Waals surface area contributed by atoms with Gasteiger partial charge in [-0.15, -0.1) is 22.7 Å². The van der Waals surface area contributed by atoms with Crippen molar-refractivity contribution < 1.29 is 19.0 Å². The van der Waals surface area contributed by atoms with Crippen LogP contribution in [0.5, 0.6) is 11.5 Å². The third-order valence-electron chi connectivity index (χ3n) is 4.40. The van der Waals surface area contributed by atoms with Gasteiger partial charge in [0.25, 0.3) is 0 Å². The first kappa shape index (κ1) is 21.0. The highest BCUT2D eigenvalue weighted by molar-refractivity contribution is 7.17. The second-order valence-corrected chi connectivity index (χ2v) is 8.27. The van der Waals surface area contributed by atoms with E-state index in [0.29, 0.717) is 32.8 Å². The minimum absolute atomic E-state index is 0.0673. The maximum Gasteiger partial charge on any atom is 0.350 e. The molecule has 158 valence electrons. The molecule has 0 spiro atoms. The van der Waals surface area contributed by atoms with Gasteiger partial charge in [0.05, 0.1) is 36.9 Å². The van der Waals surface area contributed by atoms with Gasteiger partial charge in [0.15, 0.2) is 11.5 Å². The number of methoxy groups -OCH3 is 2. The summed E-state index contributed by atoms with van der Waals surface area (Å²) in [6.45, 7) is 1.85. The van der Waals surface area contributed by atoms with Gasteiger partial charge in [0.2, 0.25) is 0 Å². The van der Waals surface area contributed by atoms with Gasteiger partial charge in [-0.1, -0.05) is 12.1 Å². The highest BCUT2D eigenvalue weighted by atomic mass is 32.1. The number of thiazole rings is 2. The summed E-state index contributed by atoms with van der Waals surface area (Å²) in [7, 11) is 3.18. The van der Waals surface area contributed by atoms with Crippen LogP contribution in [-0.4, -0.2) is 35.1 Å². The molecule has 0 radical (unpaired) electrons. The van der Waals surface area contributed by atoms with Crippen LogP contribution in [0.4, 0.5) is 0 Å². The number of hydrogen-bond acceptors (Lipinski definition) is 9. The van der Waals surface area contributed by atoms with Crippen molar-refractivity contribution in [2.75, 3.05) is 14.2 Å². The molecule has 31 heavy (non-hydrogen) atoms. The van der Waals surface area contributed by atoms with Crippen LogP contribution in [0.3, 0.4) is 0 Å². The number of benzene rings is 1. The Bertz CT molecular complexity index is 1200. The number of pyridine rings is 1. The first-order valence-corrected chi connectivity index (χ1v) is 11.0. The van der Waals surface area contributed by atoms with Crippen LogP contribution in [0, 0.1) is 6.92 Å². The summed E-state index contributed by atoms with van der Waals surface area (Å²) in [5.41, 5.74) is 2.83. The quantitative estimate of drug-likeness (QED) is 0.364. The smallest absolute Gasteiger partial charge is 0.350 e. The van der Waals surface area contributed by atoms with E-state index in [1.165, 1.54) is 22.7 Å². The first-order chi connectivity index (χ1) is 15.1. The van der Waals surface area contributed by atoms with E-state index in [-0.39, 0.29) is 6.61 Å². The van der Waals surface area contributed by atoms with Crippen LogP contribution in [0.2, 0.25) is 0 Å². The molecule has 0 atom stereocenters. The summed E-state index contributed by atoms with van der Waals surface area (Å²) >= 11 is 2.72. The molecule has 0 unspecified atom stereocenters. The number of esters is 1. The Labute approximate surface area is 187 Å². The minimum atomic E-state index is -0.425. The highest BCUT2D eigenvalue weighted by Crippen LogP contribution is 2.39. The zero-order valence-corrected chi connectivity index (χ0v) is 18.8. The number of carbonyl (C=O) groups is 1. The van der Waals surface area contributed by atoms with Crippen LogP contribution >= 0.6 is 22.7 Å². The number of carbonyl (C=O) groups excluding carboxylic acids is 1. The van der Waals surface area contributed by atoms with Crippen LogP contribution in [0.15, 0.2) is 48.0 Å². The van der Waals surface area contributed by atoms with Crippen molar-refractivity contribution in [1.29, 1.82) is 0 Å². The van der Waals surface area contributed by atoms with E-state index in [1.54, 1.807) is 27.3 Å². The van der Waals surface area contributed by atoms with Crippen molar-refractivity contribution in [1.82, 2.24) is 15.0 Å². The highest BCUT2D eigenvalue weighted by Gasteiger charge is 2.19. The molecule has 7 nitrogen and oxygen atoms in total. The number of aryl methyl sites for hydroxylation is 1. The summed E-state index contributed by atoms with van der Waals surface area (Å²) < 4.78 is 16.3. The van der Waals surface area contributed by atoms with Gasteiger partial charge in [-0.25, -0.2) is 14.8 Å². The predicted octanol–water partition coefficient (Wildman–Crippen LogP) is 5.01. The van der Waals surface area contributed by atoms with E-state index >= 15 is 0 Å². The summed E-state index contributed by atoms with van der Waals surface area (Å²) in [6.07, 6.45) is 1.70. The molecule has 0 N–H and O–H groups in total. The van der Waals surface area contributed by atoms with Crippen LogP contribution in [0.1, 0.15) is 21.1 Å². The van der Waals surface area contributed by atoms with Crippen LogP contribution < -0.4 is 9.47 Å². The monoisotopic (exact) mass is 453 g/mol. The lowest BCUT2D eigenvalue weighted by Crippen LogP contribution is -2.05. The topological polar surface area (TPSA) is 83.4 Å². The number of aromatic nitrogens is 3. The molecule has 0 aliphatic carbocycles. The molecule has 4 rings (SSSR count). The molecule has 0 aliphatic heterocycles. The maximum atomic E-state index is 12.6. The van der Waals surface area contributed by atoms with Crippen molar-refractivity contribution >= 4 is 28.6 Å². The fourth-order valence-corrected chi connectivity index (χ4v) is 4.71. The number of rotatable bonds is 7. The molecular formula is C22H19N3O4S2. The van der Waals surface area contributed by atoms with Gasteiger partial charge in [-0.05, 0) is 31.2 Å². The number of para-hydroxylation sites is 1. The van der Waals surface area contributed by atoms with Gasteiger partial charge in [-0.2, -0.15) is 0 Å². The molecule has 3 heterocycles. The van der Waals surface area contributed by atoms with E-state index < -0.39 is 5.97 Å². The largest absolute Gasteiger partial charge is 0.493 e. The molecule has 0 saturated carbocycles. The SMILES string of the molecule is COc1cccc(-c2nc(COC(=O)c3sc(-c4ccccn4)nc3C)cs2)c1OC. The molecule has 0 fully saturated rings. The number of nitrogens with zero attached hydrogens (tertiary/aromatic N) is 3. The fourth-order valence-electron chi connectivity index (χ4n) is 2.94. The lowest BCUT2D eigenvalue weighted by atomic mass is 10.2. The lowest BCUT2D eigenvalue weighted by Gasteiger charge is -2.10. The normalized spacial score (nSPS) is 10.7. The Hall–Kier alpha value is -3.30. The Morgan fingerprint density at radius 3 is 2.65 bits per heavy atom. The summed E-state index contributed by atoms with van der Waals surface area (Å²) in [5.74, 6) is 0.823. The predicted molar refractivity (Wildman–Crippen MR) is 120 cm³/mol. The van der Waals surface area contributed by atoms with Crippen molar-refractivity contribution in [3.8, 4) is 32.8 Å². The Balaban J connectivity index is 1.47. The van der Waals surface area contributed by atoms with Gasteiger partial charge in [0.1, 0.15) is 21.5 Å². The molecule has 0 saturated heterocycles. The average molecular weight is 454 g/mol. The summed E-state index contributed by atoms with van der Waals surface area (Å²) in [6, 6.07) is 11.2. The summed E-state index contributed by atoms with van der Waals surface area (Å²) in [4.78, 5) is 26.4. The summed E-state index contributed by atoms with van der Waals surface area (Å²) in [5, 5.41) is 3.31. The van der Waals surface area contributed by atoms with E-state index in [4.69, 9.17) is 14.2 Å². The third kappa shape index (κ3) is 4.42. The minimum Gasteiger partial charge on any atom is -0.493 e. The standard InChI is InChI=1S/C22H19N3O4S2/c1-13-19(31-21(24-13)16-8-4-5-10-23-16)22(26)29-11-14-12-30-20(25-14)15-7-6-9-17(27-2)18(15)28-3/h4-10,12H,11H2,1-3H3. The molecule has 4 aromatic rings. The zero-order chi connectivity index (χ0) is 21.8. The van der Waals surface area contributed by atoms with Crippen LogP contribution in [-0.2, 0) is 11.3 Å². The van der Waals surface area contributed by atoms with Crippen LogP contribution in [0.25, 0.3) is 21.3 Å². The molecule has 0 amide bonds. The molecule has 9 heteroatoms. The Morgan fingerprint density at radius 2 is 1.90 bits per heavy atom. The first-order valence-electron chi connectivity index (χ1n) is 9.32. The van der Waals surface area contributed by atoms with Crippen molar-refractivity contribution in [2.24, 2.45) is 0 Å². The van der Waals surface area contributed by atoms with Gasteiger partial charge in [-0.3, -0.25) is 4.98 Å². The maximum absolute atomic E-state index is 12.6. The van der Waals surface area contributed by atoms with E-state index in [0.717, 1.165) is 16.3 Å². The molecule has 0 bridgehead atoms. The second kappa shape index (κ2) is 9.23. The van der Waals surface area contributed by atoms with Crippen molar-refractivity contribution in [2.45, 2.75) is 13.5 Å². The third-order valence-corrected chi connectivity index (χ3v) is 6.49. The number of ether oxygens (including phenoxy) is 3. The fraction of sp³-hybridized carbons (Fsp3) is 0.182. The Morgan fingerprint density at radius 1 is 1.03 bits per heavy atom.